The monoisotopic (exact) mass is 352 g/mol. The molecule has 2 aliphatic rings. The minimum Gasteiger partial charge on any atom is -0.497 e. The third-order valence-electron chi connectivity index (χ3n) is 5.58. The summed E-state index contributed by atoms with van der Waals surface area (Å²) in [5.41, 5.74) is 5.01. The molecule has 0 bridgehead atoms. The lowest BCUT2D eigenvalue weighted by Crippen LogP contribution is -2.34. The number of piperidine rings is 1. The Bertz CT molecular complexity index is 779. The Morgan fingerprint density at radius 1 is 1.04 bits per heavy atom. The highest BCUT2D eigenvalue weighted by Gasteiger charge is 2.35. The SMILES string of the molecule is COc1ccc(-c2ccc3c(c2)C(C2CCN(C)CC2)C(=S)N3)cc1. The van der Waals surface area contributed by atoms with Crippen LogP contribution in [0.15, 0.2) is 42.5 Å². The van der Waals surface area contributed by atoms with E-state index in [0.29, 0.717) is 11.8 Å². The van der Waals surface area contributed by atoms with Gasteiger partial charge in [0.15, 0.2) is 0 Å². The smallest absolute Gasteiger partial charge is 0.118 e. The molecule has 1 unspecified atom stereocenters. The molecular formula is C21H24N2OS. The van der Waals surface area contributed by atoms with Gasteiger partial charge < -0.3 is 15.0 Å². The lowest BCUT2D eigenvalue weighted by atomic mass is 9.80. The summed E-state index contributed by atoms with van der Waals surface area (Å²) in [5, 5.41) is 3.45. The molecule has 0 spiro atoms. The fraction of sp³-hybridized carbons (Fsp3) is 0.381. The summed E-state index contributed by atoms with van der Waals surface area (Å²) in [6.45, 7) is 2.33. The van der Waals surface area contributed by atoms with Gasteiger partial charge in [0.25, 0.3) is 0 Å². The third kappa shape index (κ3) is 3.16. The molecule has 0 aliphatic carbocycles. The third-order valence-corrected chi connectivity index (χ3v) is 5.94. The van der Waals surface area contributed by atoms with Gasteiger partial charge in [0.1, 0.15) is 5.75 Å². The lowest BCUT2D eigenvalue weighted by molar-refractivity contribution is 0.214. The van der Waals surface area contributed by atoms with Gasteiger partial charge >= 0.3 is 0 Å². The first-order valence-electron chi connectivity index (χ1n) is 8.93. The van der Waals surface area contributed by atoms with Crippen molar-refractivity contribution in [1.82, 2.24) is 4.90 Å². The van der Waals surface area contributed by atoms with Gasteiger partial charge in [0, 0.05) is 11.6 Å². The van der Waals surface area contributed by atoms with Gasteiger partial charge in [-0.25, -0.2) is 0 Å². The molecule has 0 saturated carbocycles. The van der Waals surface area contributed by atoms with Crippen LogP contribution in [0.2, 0.25) is 0 Å². The van der Waals surface area contributed by atoms with Crippen LogP contribution in [0.4, 0.5) is 5.69 Å². The van der Waals surface area contributed by atoms with Gasteiger partial charge in [-0.1, -0.05) is 30.4 Å². The molecule has 25 heavy (non-hydrogen) atoms. The van der Waals surface area contributed by atoms with Crippen molar-refractivity contribution in [3.63, 3.8) is 0 Å². The molecule has 2 heterocycles. The molecule has 1 saturated heterocycles. The first kappa shape index (κ1) is 16.6. The van der Waals surface area contributed by atoms with Crippen molar-refractivity contribution in [2.24, 2.45) is 5.92 Å². The predicted molar refractivity (Wildman–Crippen MR) is 108 cm³/mol. The second kappa shape index (κ2) is 6.77. The Kier molecular flexibility index (Phi) is 4.48. The molecule has 4 rings (SSSR count). The molecule has 1 atom stereocenters. The van der Waals surface area contributed by atoms with Crippen LogP contribution >= 0.6 is 12.2 Å². The summed E-state index contributed by atoms with van der Waals surface area (Å²) in [6.07, 6.45) is 2.43. The number of anilines is 1. The normalized spacial score (nSPS) is 21.0. The number of hydrogen-bond acceptors (Lipinski definition) is 3. The van der Waals surface area contributed by atoms with E-state index < -0.39 is 0 Å². The van der Waals surface area contributed by atoms with Crippen LogP contribution < -0.4 is 10.1 Å². The van der Waals surface area contributed by atoms with E-state index >= 15 is 0 Å². The number of likely N-dealkylation sites (tertiary alicyclic amines) is 1. The standard InChI is InChI=1S/C21H24N2OS/c1-23-11-9-15(10-12-23)20-18-13-16(5-8-19(18)22-21(20)25)14-3-6-17(24-2)7-4-14/h3-8,13,15,20H,9-12H2,1-2H3,(H,22,25). The summed E-state index contributed by atoms with van der Waals surface area (Å²) in [4.78, 5) is 3.41. The zero-order valence-electron chi connectivity index (χ0n) is 14.8. The molecule has 2 aliphatic heterocycles. The Morgan fingerprint density at radius 2 is 1.72 bits per heavy atom. The topological polar surface area (TPSA) is 24.5 Å². The van der Waals surface area contributed by atoms with E-state index in [1.54, 1.807) is 7.11 Å². The number of methoxy groups -OCH3 is 1. The number of ether oxygens (including phenoxy) is 1. The Morgan fingerprint density at radius 3 is 2.40 bits per heavy atom. The number of benzene rings is 2. The quantitative estimate of drug-likeness (QED) is 0.820. The maximum atomic E-state index is 5.71. The summed E-state index contributed by atoms with van der Waals surface area (Å²) in [7, 11) is 3.90. The van der Waals surface area contributed by atoms with E-state index in [-0.39, 0.29) is 0 Å². The van der Waals surface area contributed by atoms with Crippen LogP contribution in [0.5, 0.6) is 5.75 Å². The van der Waals surface area contributed by atoms with Gasteiger partial charge in [-0.3, -0.25) is 0 Å². The van der Waals surface area contributed by atoms with Crippen molar-refractivity contribution in [1.29, 1.82) is 0 Å². The molecule has 1 N–H and O–H groups in total. The minimum atomic E-state index is 0.358. The average Bonchev–Trinajstić information content (AvgIpc) is 2.97. The van der Waals surface area contributed by atoms with Crippen LogP contribution in [0.3, 0.4) is 0 Å². The second-order valence-corrected chi connectivity index (χ2v) is 7.58. The van der Waals surface area contributed by atoms with Gasteiger partial charge in [-0.05, 0) is 79.9 Å². The summed E-state index contributed by atoms with van der Waals surface area (Å²) in [5.74, 6) is 1.89. The molecule has 130 valence electrons. The zero-order valence-corrected chi connectivity index (χ0v) is 15.6. The maximum Gasteiger partial charge on any atom is 0.118 e. The van der Waals surface area contributed by atoms with Crippen LogP contribution in [0, 0.1) is 5.92 Å². The molecule has 0 radical (unpaired) electrons. The minimum absolute atomic E-state index is 0.358. The van der Waals surface area contributed by atoms with Gasteiger partial charge in [0.2, 0.25) is 0 Å². The average molecular weight is 353 g/mol. The number of hydrogen-bond donors (Lipinski definition) is 1. The number of thiocarbonyl (C=S) groups is 1. The predicted octanol–water partition coefficient (Wildman–Crippen LogP) is 4.54. The second-order valence-electron chi connectivity index (χ2n) is 7.14. The van der Waals surface area contributed by atoms with E-state index in [2.05, 4.69) is 47.6 Å². The van der Waals surface area contributed by atoms with Crippen LogP contribution in [0.1, 0.15) is 24.3 Å². The van der Waals surface area contributed by atoms with Gasteiger partial charge in [0.05, 0.1) is 12.1 Å². The molecule has 0 amide bonds. The molecular weight excluding hydrogens is 328 g/mol. The van der Waals surface area contributed by atoms with Crippen LogP contribution in [-0.4, -0.2) is 37.1 Å². The largest absolute Gasteiger partial charge is 0.497 e. The highest BCUT2D eigenvalue weighted by molar-refractivity contribution is 7.80. The number of nitrogens with zero attached hydrogens (tertiary/aromatic N) is 1. The highest BCUT2D eigenvalue weighted by Crippen LogP contribution is 2.43. The van der Waals surface area contributed by atoms with Crippen LogP contribution in [0.25, 0.3) is 11.1 Å². The molecule has 4 heteroatoms. The van der Waals surface area contributed by atoms with E-state index in [0.717, 1.165) is 23.8 Å². The summed E-state index contributed by atoms with van der Waals surface area (Å²) in [6, 6.07) is 14.9. The first-order chi connectivity index (χ1) is 12.2. The van der Waals surface area contributed by atoms with Crippen molar-refractivity contribution >= 4 is 22.9 Å². The zero-order chi connectivity index (χ0) is 17.4. The fourth-order valence-corrected chi connectivity index (χ4v) is 4.51. The summed E-state index contributed by atoms with van der Waals surface area (Å²) >= 11 is 5.71. The van der Waals surface area contributed by atoms with Crippen molar-refractivity contribution in [3.8, 4) is 16.9 Å². The summed E-state index contributed by atoms with van der Waals surface area (Å²) < 4.78 is 5.27. The van der Waals surface area contributed by atoms with Crippen molar-refractivity contribution in [2.45, 2.75) is 18.8 Å². The Hall–Kier alpha value is -1.91. The Balaban J connectivity index is 1.65. The first-order valence-corrected chi connectivity index (χ1v) is 9.34. The van der Waals surface area contributed by atoms with Crippen LogP contribution in [-0.2, 0) is 0 Å². The van der Waals surface area contributed by atoms with E-state index in [4.69, 9.17) is 17.0 Å². The van der Waals surface area contributed by atoms with Crippen molar-refractivity contribution in [3.05, 3.63) is 48.0 Å². The van der Waals surface area contributed by atoms with Gasteiger partial charge in [-0.15, -0.1) is 0 Å². The lowest BCUT2D eigenvalue weighted by Gasteiger charge is -2.32. The molecule has 2 aromatic carbocycles. The Labute approximate surface area is 155 Å². The van der Waals surface area contributed by atoms with E-state index in [9.17, 15) is 0 Å². The van der Waals surface area contributed by atoms with Gasteiger partial charge in [-0.2, -0.15) is 0 Å². The van der Waals surface area contributed by atoms with Crippen molar-refractivity contribution < 1.29 is 4.74 Å². The number of fused-ring (bicyclic) bond motifs is 1. The molecule has 3 nitrogen and oxygen atoms in total. The van der Waals surface area contributed by atoms with E-state index in [1.165, 1.54) is 35.2 Å². The number of nitrogens with one attached hydrogen (secondary N) is 1. The van der Waals surface area contributed by atoms with Crippen molar-refractivity contribution in [2.75, 3.05) is 32.6 Å². The number of rotatable bonds is 3. The fourth-order valence-electron chi connectivity index (χ4n) is 4.08. The highest BCUT2D eigenvalue weighted by atomic mass is 32.1. The molecule has 1 fully saturated rings. The van der Waals surface area contributed by atoms with E-state index in [1.807, 2.05) is 12.1 Å². The molecule has 0 aromatic heterocycles. The maximum absolute atomic E-state index is 5.71. The molecule has 2 aromatic rings.